The highest BCUT2D eigenvalue weighted by Gasteiger charge is 2.20. The standard InChI is InChI=1S/C26H23NO4/c1-3-21-25(15(2)19-9-4-5-10-22(19)27-21)26(29)30-14-18-13-24(28)31-23-12-17-8-6-7-16(17)11-20(18)23/h4-5,9-13H,3,6-8,14H2,1-2H3. The number of rotatable bonds is 4. The molecule has 5 nitrogen and oxygen atoms in total. The van der Waals surface area contributed by atoms with Crippen molar-refractivity contribution in [2.24, 2.45) is 0 Å². The van der Waals surface area contributed by atoms with E-state index in [-0.39, 0.29) is 6.61 Å². The van der Waals surface area contributed by atoms with Crippen LogP contribution in [0.25, 0.3) is 21.9 Å². The van der Waals surface area contributed by atoms with Crippen molar-refractivity contribution < 1.29 is 13.9 Å². The molecule has 156 valence electrons. The fourth-order valence-electron chi connectivity index (χ4n) is 4.60. The Kier molecular flexibility index (Phi) is 4.81. The van der Waals surface area contributed by atoms with Crippen molar-refractivity contribution in [1.29, 1.82) is 0 Å². The first-order chi connectivity index (χ1) is 15.0. The maximum atomic E-state index is 13.1. The summed E-state index contributed by atoms with van der Waals surface area (Å²) in [5, 5.41) is 1.77. The minimum Gasteiger partial charge on any atom is -0.457 e. The molecule has 31 heavy (non-hydrogen) atoms. The molecular weight excluding hydrogens is 390 g/mol. The van der Waals surface area contributed by atoms with Crippen molar-refractivity contribution in [2.45, 2.75) is 46.1 Å². The molecule has 0 radical (unpaired) electrons. The lowest BCUT2D eigenvalue weighted by molar-refractivity contribution is 0.0471. The highest BCUT2D eigenvalue weighted by Crippen LogP contribution is 2.29. The van der Waals surface area contributed by atoms with Crippen LogP contribution in [-0.2, 0) is 30.6 Å². The van der Waals surface area contributed by atoms with Gasteiger partial charge in [0.25, 0.3) is 0 Å². The van der Waals surface area contributed by atoms with Gasteiger partial charge in [-0.15, -0.1) is 0 Å². The molecule has 2 aromatic carbocycles. The first-order valence-electron chi connectivity index (χ1n) is 10.7. The van der Waals surface area contributed by atoms with Crippen LogP contribution in [-0.4, -0.2) is 11.0 Å². The molecule has 5 heteroatoms. The van der Waals surface area contributed by atoms with E-state index >= 15 is 0 Å². The van der Waals surface area contributed by atoms with Gasteiger partial charge in [-0.05, 0) is 67.5 Å². The van der Waals surface area contributed by atoms with E-state index in [1.165, 1.54) is 17.2 Å². The zero-order valence-corrected chi connectivity index (χ0v) is 17.7. The number of carbonyl (C=O) groups excluding carboxylic acids is 1. The zero-order valence-electron chi connectivity index (χ0n) is 17.7. The van der Waals surface area contributed by atoms with E-state index in [0.29, 0.717) is 23.1 Å². The summed E-state index contributed by atoms with van der Waals surface area (Å²) in [5.74, 6) is -0.421. The third-order valence-corrected chi connectivity index (χ3v) is 6.17. The molecule has 0 atom stereocenters. The van der Waals surface area contributed by atoms with Crippen molar-refractivity contribution in [2.75, 3.05) is 0 Å². The monoisotopic (exact) mass is 413 g/mol. The molecule has 1 aliphatic rings. The normalized spacial score (nSPS) is 13.0. The summed E-state index contributed by atoms with van der Waals surface area (Å²) in [4.78, 5) is 29.9. The Morgan fingerprint density at radius 1 is 1.10 bits per heavy atom. The zero-order chi connectivity index (χ0) is 21.5. The minimum absolute atomic E-state index is 0.00907. The fourth-order valence-corrected chi connectivity index (χ4v) is 4.60. The van der Waals surface area contributed by atoms with Crippen LogP contribution in [0.5, 0.6) is 0 Å². The van der Waals surface area contributed by atoms with Crippen LogP contribution in [0.1, 0.15) is 51.7 Å². The number of para-hydroxylation sites is 1. The summed E-state index contributed by atoms with van der Waals surface area (Å²) in [7, 11) is 0. The topological polar surface area (TPSA) is 69.4 Å². The number of hydrogen-bond acceptors (Lipinski definition) is 5. The van der Waals surface area contributed by atoms with E-state index in [0.717, 1.165) is 46.8 Å². The van der Waals surface area contributed by atoms with Crippen molar-refractivity contribution >= 4 is 27.8 Å². The van der Waals surface area contributed by atoms with E-state index in [4.69, 9.17) is 9.15 Å². The predicted molar refractivity (Wildman–Crippen MR) is 119 cm³/mol. The Labute approximate surface area is 179 Å². The molecule has 2 aromatic heterocycles. The van der Waals surface area contributed by atoms with Crippen molar-refractivity contribution in [3.8, 4) is 0 Å². The fraction of sp³-hybridized carbons (Fsp3) is 0.269. The van der Waals surface area contributed by atoms with Crippen LogP contribution in [0.3, 0.4) is 0 Å². The number of nitrogens with zero attached hydrogens (tertiary/aromatic N) is 1. The van der Waals surface area contributed by atoms with Crippen LogP contribution >= 0.6 is 0 Å². The Balaban J connectivity index is 1.51. The van der Waals surface area contributed by atoms with Crippen LogP contribution in [0, 0.1) is 6.92 Å². The average Bonchev–Trinajstić information content (AvgIpc) is 3.23. The largest absolute Gasteiger partial charge is 0.457 e. The van der Waals surface area contributed by atoms with Crippen molar-refractivity contribution in [3.63, 3.8) is 0 Å². The highest BCUT2D eigenvalue weighted by molar-refractivity contribution is 5.98. The van der Waals surface area contributed by atoms with Crippen molar-refractivity contribution in [3.05, 3.63) is 86.4 Å². The van der Waals surface area contributed by atoms with Gasteiger partial charge in [-0.3, -0.25) is 4.98 Å². The van der Waals surface area contributed by atoms with Gasteiger partial charge in [0.15, 0.2) is 0 Å². The molecule has 0 unspecified atom stereocenters. The van der Waals surface area contributed by atoms with Gasteiger partial charge in [-0.1, -0.05) is 25.1 Å². The highest BCUT2D eigenvalue weighted by atomic mass is 16.5. The molecular formula is C26H23NO4. The average molecular weight is 413 g/mol. The molecule has 0 saturated heterocycles. The molecule has 1 aliphatic carbocycles. The van der Waals surface area contributed by atoms with Crippen LogP contribution in [0.2, 0.25) is 0 Å². The first-order valence-corrected chi connectivity index (χ1v) is 10.7. The summed E-state index contributed by atoms with van der Waals surface area (Å²) < 4.78 is 11.1. The number of pyridine rings is 1. The van der Waals surface area contributed by atoms with Gasteiger partial charge in [-0.2, -0.15) is 0 Å². The summed E-state index contributed by atoms with van der Waals surface area (Å²) in [5.41, 5.74) is 6.25. The number of esters is 1. The second-order valence-corrected chi connectivity index (χ2v) is 8.07. The number of benzene rings is 2. The molecule has 0 N–H and O–H groups in total. The first kappa shape index (κ1) is 19.5. The van der Waals surface area contributed by atoms with E-state index in [1.807, 2.05) is 44.2 Å². The number of aromatic nitrogens is 1. The maximum Gasteiger partial charge on any atom is 0.340 e. The molecule has 0 amide bonds. The number of hydrogen-bond donors (Lipinski definition) is 0. The summed E-state index contributed by atoms with van der Waals surface area (Å²) in [6, 6.07) is 13.2. The van der Waals surface area contributed by atoms with Gasteiger partial charge in [0.2, 0.25) is 0 Å². The van der Waals surface area contributed by atoms with Gasteiger partial charge < -0.3 is 9.15 Å². The summed E-state index contributed by atoms with van der Waals surface area (Å²) in [6.07, 6.45) is 3.75. The Bertz CT molecular complexity index is 1400. The minimum atomic E-state index is -0.436. The number of carbonyl (C=O) groups is 1. The van der Waals surface area contributed by atoms with Gasteiger partial charge in [-0.25, -0.2) is 9.59 Å². The number of fused-ring (bicyclic) bond motifs is 3. The van der Waals surface area contributed by atoms with E-state index in [1.54, 1.807) is 0 Å². The van der Waals surface area contributed by atoms with Gasteiger partial charge in [0.05, 0.1) is 16.8 Å². The molecule has 5 rings (SSSR count). The second-order valence-electron chi connectivity index (χ2n) is 8.07. The molecule has 4 aromatic rings. The summed E-state index contributed by atoms with van der Waals surface area (Å²) >= 11 is 0. The second kappa shape index (κ2) is 7.65. The Morgan fingerprint density at radius 3 is 2.68 bits per heavy atom. The van der Waals surface area contributed by atoms with E-state index < -0.39 is 11.6 Å². The van der Waals surface area contributed by atoms with Gasteiger partial charge in [0, 0.05) is 22.4 Å². The third kappa shape index (κ3) is 3.40. The molecule has 0 fully saturated rings. The molecule has 0 saturated carbocycles. The lowest BCUT2D eigenvalue weighted by atomic mass is 10.0. The predicted octanol–water partition coefficient (Wildman–Crippen LogP) is 5.06. The molecule has 0 spiro atoms. The number of aryl methyl sites for hydroxylation is 4. The number of ether oxygens (including phenoxy) is 1. The van der Waals surface area contributed by atoms with E-state index in [9.17, 15) is 9.59 Å². The van der Waals surface area contributed by atoms with Gasteiger partial charge >= 0.3 is 11.6 Å². The lowest BCUT2D eigenvalue weighted by Crippen LogP contribution is -2.13. The molecule has 0 aliphatic heterocycles. The van der Waals surface area contributed by atoms with Crippen LogP contribution < -0.4 is 5.63 Å². The Hall–Kier alpha value is -3.47. The molecule has 2 heterocycles. The SMILES string of the molecule is CCc1nc2ccccc2c(C)c1C(=O)OCc1cc(=O)oc2cc3c(cc12)CCC3. The van der Waals surface area contributed by atoms with Crippen molar-refractivity contribution in [1.82, 2.24) is 4.98 Å². The maximum absolute atomic E-state index is 13.1. The third-order valence-electron chi connectivity index (χ3n) is 6.17. The van der Waals surface area contributed by atoms with E-state index in [2.05, 4.69) is 11.1 Å². The van der Waals surface area contributed by atoms with Crippen LogP contribution in [0.15, 0.2) is 51.7 Å². The lowest BCUT2D eigenvalue weighted by Gasteiger charge is -2.14. The van der Waals surface area contributed by atoms with Crippen LogP contribution in [0.4, 0.5) is 0 Å². The quantitative estimate of drug-likeness (QED) is 0.346. The Morgan fingerprint density at radius 2 is 1.87 bits per heavy atom. The molecule has 0 bridgehead atoms. The van der Waals surface area contributed by atoms with Gasteiger partial charge in [0.1, 0.15) is 12.2 Å². The summed E-state index contributed by atoms with van der Waals surface area (Å²) in [6.45, 7) is 3.91. The smallest absolute Gasteiger partial charge is 0.340 e.